The molecule has 1 atom stereocenters. The van der Waals surface area contributed by atoms with Crippen LogP contribution < -0.4 is 16.0 Å². The molecule has 0 aromatic heterocycles. The van der Waals surface area contributed by atoms with Crippen molar-refractivity contribution in [1.82, 2.24) is 10.6 Å². The first-order valence-electron chi connectivity index (χ1n) is 9.35. The summed E-state index contributed by atoms with van der Waals surface area (Å²) in [6.07, 6.45) is 2.10. The van der Waals surface area contributed by atoms with Crippen LogP contribution in [-0.2, 0) is 16.1 Å². The van der Waals surface area contributed by atoms with Gasteiger partial charge in [-0.2, -0.15) is 0 Å². The summed E-state index contributed by atoms with van der Waals surface area (Å²) in [5.41, 5.74) is 2.01. The molecule has 28 heavy (non-hydrogen) atoms. The maximum Gasteiger partial charge on any atom is 0.251 e. The van der Waals surface area contributed by atoms with E-state index in [0.29, 0.717) is 29.4 Å². The maximum atomic E-state index is 12.3. The van der Waals surface area contributed by atoms with E-state index in [2.05, 4.69) is 16.0 Å². The number of amides is 2. The summed E-state index contributed by atoms with van der Waals surface area (Å²) in [6, 6.07) is 14.4. The second kappa shape index (κ2) is 10.2. The molecule has 0 saturated carbocycles. The predicted octanol–water partition coefficient (Wildman–Crippen LogP) is 2.98. The van der Waals surface area contributed by atoms with Gasteiger partial charge in [-0.25, -0.2) is 0 Å². The zero-order valence-corrected chi connectivity index (χ0v) is 16.3. The van der Waals surface area contributed by atoms with Crippen LogP contribution in [0.25, 0.3) is 0 Å². The largest absolute Gasteiger partial charge is 0.376 e. The number of rotatable bonds is 8. The van der Waals surface area contributed by atoms with Crippen molar-refractivity contribution in [3.05, 3.63) is 64.7 Å². The van der Waals surface area contributed by atoms with Gasteiger partial charge in [-0.05, 0) is 42.7 Å². The first kappa shape index (κ1) is 20.3. The predicted molar refractivity (Wildman–Crippen MR) is 110 cm³/mol. The Kier molecular flexibility index (Phi) is 7.42. The molecule has 1 aliphatic heterocycles. The van der Waals surface area contributed by atoms with E-state index < -0.39 is 0 Å². The number of ether oxygens (including phenoxy) is 1. The Morgan fingerprint density at radius 3 is 2.79 bits per heavy atom. The molecule has 2 amide bonds. The Labute approximate surface area is 169 Å². The van der Waals surface area contributed by atoms with Crippen LogP contribution in [0.2, 0.25) is 5.02 Å². The number of hydrogen-bond donors (Lipinski definition) is 3. The molecule has 1 aliphatic rings. The molecule has 1 unspecified atom stereocenters. The molecule has 1 saturated heterocycles. The minimum atomic E-state index is -0.191. The molecule has 1 heterocycles. The lowest BCUT2D eigenvalue weighted by atomic mass is 10.1. The van der Waals surface area contributed by atoms with Crippen molar-refractivity contribution in [2.45, 2.75) is 25.5 Å². The summed E-state index contributed by atoms with van der Waals surface area (Å²) < 4.78 is 5.51. The van der Waals surface area contributed by atoms with E-state index in [1.807, 2.05) is 24.3 Å². The molecule has 3 N–H and O–H groups in total. The number of halogens is 1. The van der Waals surface area contributed by atoms with Crippen molar-refractivity contribution in [3.8, 4) is 0 Å². The number of nitrogens with one attached hydrogen (secondary N) is 3. The van der Waals surface area contributed by atoms with Crippen LogP contribution in [0.1, 0.15) is 28.8 Å². The van der Waals surface area contributed by atoms with E-state index in [1.54, 1.807) is 24.3 Å². The second-order valence-electron chi connectivity index (χ2n) is 6.67. The van der Waals surface area contributed by atoms with Gasteiger partial charge in [-0.1, -0.05) is 35.9 Å². The Morgan fingerprint density at radius 1 is 1.14 bits per heavy atom. The molecule has 148 valence electrons. The summed E-state index contributed by atoms with van der Waals surface area (Å²) in [4.78, 5) is 24.4. The number of hydrogen-bond acceptors (Lipinski definition) is 4. The Morgan fingerprint density at radius 2 is 2.00 bits per heavy atom. The fourth-order valence-electron chi connectivity index (χ4n) is 3.01. The third kappa shape index (κ3) is 6.05. The van der Waals surface area contributed by atoms with Crippen LogP contribution in [0.15, 0.2) is 48.5 Å². The molecule has 2 aromatic rings. The van der Waals surface area contributed by atoms with Crippen molar-refractivity contribution in [3.63, 3.8) is 0 Å². The van der Waals surface area contributed by atoms with Crippen molar-refractivity contribution >= 4 is 29.1 Å². The van der Waals surface area contributed by atoms with E-state index in [-0.39, 0.29) is 24.5 Å². The number of carbonyl (C=O) groups excluding carboxylic acids is 2. The number of carbonyl (C=O) groups is 2. The molecule has 1 fully saturated rings. The first-order chi connectivity index (χ1) is 13.6. The molecule has 0 spiro atoms. The van der Waals surface area contributed by atoms with Gasteiger partial charge in [0.15, 0.2) is 0 Å². The van der Waals surface area contributed by atoms with E-state index in [9.17, 15) is 9.59 Å². The average Bonchev–Trinajstić information content (AvgIpc) is 3.21. The summed E-state index contributed by atoms with van der Waals surface area (Å²) in [6.45, 7) is 1.90. The highest BCUT2D eigenvalue weighted by Crippen LogP contribution is 2.15. The van der Waals surface area contributed by atoms with Crippen LogP contribution in [0.4, 0.5) is 5.69 Å². The van der Waals surface area contributed by atoms with Gasteiger partial charge >= 0.3 is 0 Å². The third-order valence-electron chi connectivity index (χ3n) is 4.48. The van der Waals surface area contributed by atoms with Gasteiger partial charge in [0.1, 0.15) is 0 Å². The third-order valence-corrected chi connectivity index (χ3v) is 4.85. The lowest BCUT2D eigenvalue weighted by molar-refractivity contribution is -0.115. The molecule has 0 bridgehead atoms. The molecule has 0 radical (unpaired) electrons. The fourth-order valence-corrected chi connectivity index (χ4v) is 3.21. The van der Waals surface area contributed by atoms with Gasteiger partial charge in [0.05, 0.1) is 12.6 Å². The van der Waals surface area contributed by atoms with Crippen LogP contribution in [0.5, 0.6) is 0 Å². The van der Waals surface area contributed by atoms with Gasteiger partial charge in [-0.3, -0.25) is 9.59 Å². The molecule has 0 aliphatic carbocycles. The van der Waals surface area contributed by atoms with E-state index in [0.717, 1.165) is 25.0 Å². The molecule has 6 nitrogen and oxygen atoms in total. The van der Waals surface area contributed by atoms with Crippen LogP contribution in [0.3, 0.4) is 0 Å². The summed E-state index contributed by atoms with van der Waals surface area (Å²) in [5.74, 6) is -0.368. The first-order valence-corrected chi connectivity index (χ1v) is 9.73. The highest BCUT2D eigenvalue weighted by molar-refractivity contribution is 6.31. The van der Waals surface area contributed by atoms with Crippen molar-refractivity contribution in [1.29, 1.82) is 0 Å². The minimum Gasteiger partial charge on any atom is -0.376 e. The Hall–Kier alpha value is -2.41. The summed E-state index contributed by atoms with van der Waals surface area (Å²) in [5, 5.41) is 9.40. The minimum absolute atomic E-state index is 0.0935. The SMILES string of the molecule is O=C(CNCc1ccccc1Cl)Nc1cccc(C(=O)NCC2CCCO2)c1. The number of benzene rings is 2. The highest BCUT2D eigenvalue weighted by atomic mass is 35.5. The average molecular weight is 402 g/mol. The molecule has 3 rings (SSSR count). The number of anilines is 1. The van der Waals surface area contributed by atoms with Gasteiger partial charge in [0.2, 0.25) is 5.91 Å². The lowest BCUT2D eigenvalue weighted by Gasteiger charge is -2.12. The maximum absolute atomic E-state index is 12.3. The summed E-state index contributed by atoms with van der Waals surface area (Å²) >= 11 is 6.10. The quantitative estimate of drug-likeness (QED) is 0.635. The van der Waals surface area contributed by atoms with E-state index in [4.69, 9.17) is 16.3 Å². The van der Waals surface area contributed by atoms with Crippen LogP contribution in [-0.4, -0.2) is 37.6 Å². The highest BCUT2D eigenvalue weighted by Gasteiger charge is 2.16. The standard InChI is InChI=1S/C21H24ClN3O3/c22-19-9-2-1-5-16(19)12-23-14-20(26)25-17-7-3-6-15(11-17)21(27)24-13-18-8-4-10-28-18/h1-3,5-7,9,11,18,23H,4,8,10,12-14H2,(H,24,27)(H,25,26). The monoisotopic (exact) mass is 401 g/mol. The normalized spacial score (nSPS) is 16.0. The van der Waals surface area contributed by atoms with Crippen LogP contribution >= 0.6 is 11.6 Å². The zero-order valence-electron chi connectivity index (χ0n) is 15.5. The fraction of sp³-hybridized carbons (Fsp3) is 0.333. The van der Waals surface area contributed by atoms with E-state index >= 15 is 0 Å². The van der Waals surface area contributed by atoms with Crippen LogP contribution in [0, 0.1) is 0 Å². The Balaban J connectivity index is 1.45. The van der Waals surface area contributed by atoms with E-state index in [1.165, 1.54) is 0 Å². The second-order valence-corrected chi connectivity index (χ2v) is 7.08. The zero-order chi connectivity index (χ0) is 19.8. The Bertz CT molecular complexity index is 822. The molecule has 7 heteroatoms. The van der Waals surface area contributed by atoms with Gasteiger partial charge < -0.3 is 20.7 Å². The molecular formula is C21H24ClN3O3. The lowest BCUT2D eigenvalue weighted by Crippen LogP contribution is -2.32. The van der Waals surface area contributed by atoms with Crippen molar-refractivity contribution in [2.24, 2.45) is 0 Å². The topological polar surface area (TPSA) is 79.5 Å². The molecule has 2 aromatic carbocycles. The smallest absolute Gasteiger partial charge is 0.251 e. The van der Waals surface area contributed by atoms with Crippen molar-refractivity contribution < 1.29 is 14.3 Å². The molecular weight excluding hydrogens is 378 g/mol. The van der Waals surface area contributed by atoms with Gasteiger partial charge in [0, 0.05) is 36.0 Å². The van der Waals surface area contributed by atoms with Crippen molar-refractivity contribution in [2.75, 3.05) is 25.0 Å². The van der Waals surface area contributed by atoms with Gasteiger partial charge in [0.25, 0.3) is 5.91 Å². The van der Waals surface area contributed by atoms with Gasteiger partial charge in [-0.15, -0.1) is 0 Å². The summed E-state index contributed by atoms with van der Waals surface area (Å²) in [7, 11) is 0.